The van der Waals surface area contributed by atoms with Crippen LogP contribution in [0.5, 0.6) is 0 Å². The van der Waals surface area contributed by atoms with Gasteiger partial charge in [0.05, 0.1) is 23.5 Å². The predicted molar refractivity (Wildman–Crippen MR) is 92.6 cm³/mol. The van der Waals surface area contributed by atoms with E-state index in [2.05, 4.69) is 11.1 Å². The van der Waals surface area contributed by atoms with Crippen molar-refractivity contribution in [2.45, 2.75) is 6.92 Å². The molecular formula is C20H14N2O2. The van der Waals surface area contributed by atoms with Gasteiger partial charge in [0.2, 0.25) is 0 Å². The highest BCUT2D eigenvalue weighted by molar-refractivity contribution is 5.94. The summed E-state index contributed by atoms with van der Waals surface area (Å²) in [6, 6.07) is 20.1. The predicted octanol–water partition coefficient (Wildman–Crippen LogP) is 4.77. The lowest BCUT2D eigenvalue weighted by Crippen LogP contribution is -1.89. The van der Waals surface area contributed by atoms with Crippen LogP contribution in [-0.4, -0.2) is 12.0 Å². The molecule has 0 radical (unpaired) electrons. The number of hydrogen-bond acceptors (Lipinski definition) is 4. The van der Waals surface area contributed by atoms with Crippen molar-refractivity contribution in [2.24, 2.45) is 4.99 Å². The Hall–Kier alpha value is -3.45. The zero-order valence-corrected chi connectivity index (χ0v) is 13.1. The van der Waals surface area contributed by atoms with E-state index in [1.807, 2.05) is 24.3 Å². The number of carbonyl (C=O) groups is 1. The number of aliphatic imine (C=N–C) groups is 1. The van der Waals surface area contributed by atoms with Crippen LogP contribution in [0.3, 0.4) is 0 Å². The van der Waals surface area contributed by atoms with Crippen molar-refractivity contribution in [1.82, 2.24) is 0 Å². The van der Waals surface area contributed by atoms with Crippen molar-refractivity contribution in [3.8, 4) is 17.4 Å². The van der Waals surface area contributed by atoms with Crippen LogP contribution in [0, 0.1) is 11.3 Å². The van der Waals surface area contributed by atoms with E-state index in [-0.39, 0.29) is 5.78 Å². The third kappa shape index (κ3) is 3.47. The molecule has 0 aliphatic rings. The number of ketones is 1. The first kappa shape index (κ1) is 15.4. The molecule has 1 aromatic heterocycles. The second-order valence-electron chi connectivity index (χ2n) is 5.25. The van der Waals surface area contributed by atoms with Gasteiger partial charge in [-0.25, -0.2) is 0 Å². The number of carbonyl (C=O) groups excluding carboxylic acids is 1. The van der Waals surface area contributed by atoms with Crippen LogP contribution < -0.4 is 0 Å². The highest BCUT2D eigenvalue weighted by atomic mass is 16.3. The molecule has 2 aromatic carbocycles. The van der Waals surface area contributed by atoms with Crippen LogP contribution in [0.4, 0.5) is 5.69 Å². The summed E-state index contributed by atoms with van der Waals surface area (Å²) in [6.45, 7) is 1.53. The van der Waals surface area contributed by atoms with E-state index in [4.69, 9.17) is 9.68 Å². The lowest BCUT2D eigenvalue weighted by molar-refractivity contribution is 0.101. The molecule has 24 heavy (non-hydrogen) atoms. The Morgan fingerprint density at radius 3 is 2.38 bits per heavy atom. The minimum atomic E-state index is 0.0311. The molecule has 0 saturated carbocycles. The monoisotopic (exact) mass is 314 g/mol. The fourth-order valence-electron chi connectivity index (χ4n) is 2.21. The van der Waals surface area contributed by atoms with Gasteiger partial charge in [0.15, 0.2) is 5.78 Å². The van der Waals surface area contributed by atoms with Crippen molar-refractivity contribution < 1.29 is 9.21 Å². The van der Waals surface area contributed by atoms with Crippen LogP contribution in [0.2, 0.25) is 0 Å². The van der Waals surface area contributed by atoms with Crippen molar-refractivity contribution in [2.75, 3.05) is 0 Å². The molecule has 0 saturated heterocycles. The average Bonchev–Trinajstić information content (AvgIpc) is 3.09. The number of hydrogen-bond donors (Lipinski definition) is 0. The molecule has 0 fully saturated rings. The smallest absolute Gasteiger partial charge is 0.159 e. The van der Waals surface area contributed by atoms with E-state index in [1.54, 1.807) is 42.6 Å². The van der Waals surface area contributed by atoms with Crippen LogP contribution in [0.15, 0.2) is 70.1 Å². The number of Topliss-reactive ketones (excluding diaryl/α,β-unsaturated/α-hetero) is 1. The molecular weight excluding hydrogens is 300 g/mol. The third-order valence-electron chi connectivity index (χ3n) is 3.54. The Labute approximate surface area is 139 Å². The van der Waals surface area contributed by atoms with E-state index in [1.165, 1.54) is 6.92 Å². The molecule has 0 spiro atoms. The van der Waals surface area contributed by atoms with E-state index in [9.17, 15) is 4.79 Å². The molecule has 4 nitrogen and oxygen atoms in total. The highest BCUT2D eigenvalue weighted by Gasteiger charge is 2.04. The van der Waals surface area contributed by atoms with E-state index < -0.39 is 0 Å². The zero-order chi connectivity index (χ0) is 16.9. The zero-order valence-electron chi connectivity index (χ0n) is 13.1. The van der Waals surface area contributed by atoms with Crippen molar-refractivity contribution in [3.63, 3.8) is 0 Å². The van der Waals surface area contributed by atoms with Crippen molar-refractivity contribution in [1.29, 1.82) is 5.26 Å². The Morgan fingerprint density at radius 1 is 1.04 bits per heavy atom. The Balaban J connectivity index is 1.75. The standard InChI is InChI=1S/C20H14N2O2/c1-14(23)16-6-8-18(9-7-16)22-13-19-10-11-20(24-19)17-4-2-15(12-21)3-5-17/h2-11,13H,1H3. The average molecular weight is 314 g/mol. The van der Waals surface area contributed by atoms with Crippen molar-refractivity contribution in [3.05, 3.63) is 77.6 Å². The molecule has 0 unspecified atom stereocenters. The first-order chi connectivity index (χ1) is 11.7. The molecule has 4 heteroatoms. The fraction of sp³-hybridized carbons (Fsp3) is 0.0500. The van der Waals surface area contributed by atoms with Gasteiger partial charge in [0.25, 0.3) is 0 Å². The van der Waals surface area contributed by atoms with E-state index >= 15 is 0 Å². The maximum absolute atomic E-state index is 11.2. The quantitative estimate of drug-likeness (QED) is 0.514. The Kier molecular flexibility index (Phi) is 4.35. The second-order valence-corrected chi connectivity index (χ2v) is 5.25. The van der Waals surface area contributed by atoms with E-state index in [0.29, 0.717) is 22.6 Å². The van der Waals surface area contributed by atoms with Gasteiger partial charge in [-0.05, 0) is 67.6 Å². The third-order valence-corrected chi connectivity index (χ3v) is 3.54. The molecule has 0 bridgehead atoms. The van der Waals surface area contributed by atoms with Crippen molar-refractivity contribution >= 4 is 17.7 Å². The van der Waals surface area contributed by atoms with Gasteiger partial charge >= 0.3 is 0 Å². The van der Waals surface area contributed by atoms with Gasteiger partial charge in [0.1, 0.15) is 11.5 Å². The molecule has 0 amide bonds. The summed E-state index contributed by atoms with van der Waals surface area (Å²) in [4.78, 5) is 15.6. The number of rotatable bonds is 4. The molecule has 0 N–H and O–H groups in total. The van der Waals surface area contributed by atoms with Gasteiger partial charge in [-0.1, -0.05) is 0 Å². The SMILES string of the molecule is CC(=O)c1ccc(N=Cc2ccc(-c3ccc(C#N)cc3)o2)cc1. The minimum Gasteiger partial charge on any atom is -0.455 e. The van der Waals surface area contributed by atoms with Gasteiger partial charge in [-0.3, -0.25) is 9.79 Å². The fourth-order valence-corrected chi connectivity index (χ4v) is 2.21. The molecule has 0 atom stereocenters. The normalized spacial score (nSPS) is 10.7. The number of benzene rings is 2. The molecule has 1 heterocycles. The topological polar surface area (TPSA) is 66.4 Å². The molecule has 0 aliphatic carbocycles. The second kappa shape index (κ2) is 6.76. The highest BCUT2D eigenvalue weighted by Crippen LogP contribution is 2.22. The number of furan rings is 1. The molecule has 3 rings (SSSR count). The Bertz CT molecular complexity index is 927. The summed E-state index contributed by atoms with van der Waals surface area (Å²) in [5, 5.41) is 8.82. The largest absolute Gasteiger partial charge is 0.455 e. The summed E-state index contributed by atoms with van der Waals surface area (Å²) in [5.74, 6) is 1.38. The summed E-state index contributed by atoms with van der Waals surface area (Å²) >= 11 is 0. The first-order valence-electron chi connectivity index (χ1n) is 7.41. The van der Waals surface area contributed by atoms with E-state index in [0.717, 1.165) is 11.3 Å². The lowest BCUT2D eigenvalue weighted by atomic mass is 10.1. The summed E-state index contributed by atoms with van der Waals surface area (Å²) in [6.07, 6.45) is 1.63. The summed E-state index contributed by atoms with van der Waals surface area (Å²) < 4.78 is 5.74. The number of nitriles is 1. The van der Waals surface area contributed by atoms with Gasteiger partial charge < -0.3 is 4.42 Å². The first-order valence-corrected chi connectivity index (χ1v) is 7.41. The lowest BCUT2D eigenvalue weighted by Gasteiger charge is -1.97. The van der Waals surface area contributed by atoms with Gasteiger partial charge in [-0.15, -0.1) is 0 Å². The van der Waals surface area contributed by atoms with Crippen LogP contribution >= 0.6 is 0 Å². The van der Waals surface area contributed by atoms with Crippen LogP contribution in [-0.2, 0) is 0 Å². The number of nitrogens with zero attached hydrogens (tertiary/aromatic N) is 2. The molecule has 116 valence electrons. The molecule has 0 aliphatic heterocycles. The van der Waals surface area contributed by atoms with Gasteiger partial charge in [0, 0.05) is 11.1 Å². The van der Waals surface area contributed by atoms with Gasteiger partial charge in [-0.2, -0.15) is 5.26 Å². The summed E-state index contributed by atoms with van der Waals surface area (Å²) in [7, 11) is 0. The summed E-state index contributed by atoms with van der Waals surface area (Å²) in [5.41, 5.74) is 2.92. The maximum atomic E-state index is 11.2. The van der Waals surface area contributed by atoms with Crippen LogP contribution in [0.25, 0.3) is 11.3 Å². The van der Waals surface area contributed by atoms with Crippen LogP contribution in [0.1, 0.15) is 28.6 Å². The minimum absolute atomic E-state index is 0.0311. The molecule has 3 aromatic rings. The maximum Gasteiger partial charge on any atom is 0.159 e. The Morgan fingerprint density at radius 2 is 1.75 bits per heavy atom.